The number of carbonyl (C=O) groups is 1. The molecule has 0 N–H and O–H groups in total. The molecule has 0 spiro atoms. The van der Waals surface area contributed by atoms with E-state index in [4.69, 9.17) is 29.2 Å². The molecule has 1 saturated heterocycles. The molecule has 46 heavy (non-hydrogen) atoms. The lowest BCUT2D eigenvalue weighted by atomic mass is 9.81. The van der Waals surface area contributed by atoms with Crippen molar-refractivity contribution in [2.75, 3.05) is 25.1 Å². The molecule has 1 aliphatic heterocycles. The van der Waals surface area contributed by atoms with Crippen LogP contribution in [0.1, 0.15) is 51.6 Å². The van der Waals surface area contributed by atoms with Crippen molar-refractivity contribution in [1.82, 2.24) is 24.6 Å². The molecule has 5 aromatic rings. The fourth-order valence-corrected chi connectivity index (χ4v) is 6.38. The van der Waals surface area contributed by atoms with E-state index in [0.29, 0.717) is 36.1 Å². The van der Waals surface area contributed by atoms with Crippen molar-refractivity contribution < 1.29 is 23.2 Å². The molecule has 4 heterocycles. The Balaban J connectivity index is 1.08. The number of piperazine rings is 1. The van der Waals surface area contributed by atoms with Crippen LogP contribution >= 0.6 is 0 Å². The van der Waals surface area contributed by atoms with Crippen molar-refractivity contribution in [3.8, 4) is 11.9 Å². The summed E-state index contributed by atoms with van der Waals surface area (Å²) in [5.41, 5.74) is 3.52. The number of anilines is 1. The zero-order valence-electron chi connectivity index (χ0n) is 25.5. The van der Waals surface area contributed by atoms with Crippen LogP contribution in [0.25, 0.3) is 11.0 Å². The third-order valence-corrected chi connectivity index (χ3v) is 8.85. The summed E-state index contributed by atoms with van der Waals surface area (Å²) >= 11 is 0. The van der Waals surface area contributed by atoms with Crippen LogP contribution in [0.5, 0.6) is 5.88 Å². The number of ether oxygens (including phenoxy) is 2. The SMILES string of the molecule is COC(=O)c1ccc2nc(CN3CCN(c4cccc(OCc5ccc(C#N)cc5F)n4)[C@H]4CC[C@H]43)n(Cc3cc(C)on3)c2c1. The second kappa shape index (κ2) is 12.3. The Morgan fingerprint density at radius 3 is 2.67 bits per heavy atom. The molecule has 234 valence electrons. The van der Waals surface area contributed by atoms with Crippen molar-refractivity contribution in [3.63, 3.8) is 0 Å². The van der Waals surface area contributed by atoms with Crippen LogP contribution in [0.4, 0.5) is 10.2 Å². The number of benzene rings is 2. The number of carbonyl (C=O) groups excluding carboxylic acids is 1. The van der Waals surface area contributed by atoms with Crippen molar-refractivity contribution >= 4 is 22.8 Å². The van der Waals surface area contributed by atoms with Crippen LogP contribution in [-0.2, 0) is 24.4 Å². The summed E-state index contributed by atoms with van der Waals surface area (Å²) in [5, 5.41) is 13.2. The summed E-state index contributed by atoms with van der Waals surface area (Å²) in [5.74, 6) is 2.00. The molecule has 1 aliphatic carbocycles. The number of nitriles is 1. The van der Waals surface area contributed by atoms with Gasteiger partial charge in [-0.05, 0) is 56.2 Å². The monoisotopic (exact) mass is 621 g/mol. The predicted octanol–water partition coefficient (Wildman–Crippen LogP) is 5.01. The van der Waals surface area contributed by atoms with Crippen LogP contribution in [0.2, 0.25) is 0 Å². The van der Waals surface area contributed by atoms with Gasteiger partial charge in [-0.15, -0.1) is 0 Å². The predicted molar refractivity (Wildman–Crippen MR) is 166 cm³/mol. The molecule has 2 atom stereocenters. The number of fused-ring (bicyclic) bond motifs is 2. The van der Waals surface area contributed by atoms with Crippen molar-refractivity contribution in [2.24, 2.45) is 0 Å². The highest BCUT2D eigenvalue weighted by Gasteiger charge is 2.43. The number of halogens is 1. The molecule has 11 nitrogen and oxygen atoms in total. The van der Waals surface area contributed by atoms with E-state index in [2.05, 4.69) is 19.5 Å². The fourth-order valence-electron chi connectivity index (χ4n) is 6.38. The highest BCUT2D eigenvalue weighted by Crippen LogP contribution is 2.37. The van der Waals surface area contributed by atoms with Gasteiger partial charge in [0.1, 0.15) is 35.5 Å². The fraction of sp³-hybridized carbons (Fsp3) is 0.324. The Labute approximate surface area is 264 Å². The van der Waals surface area contributed by atoms with E-state index in [9.17, 15) is 9.18 Å². The average molecular weight is 622 g/mol. The van der Waals surface area contributed by atoms with Crippen molar-refractivity contribution in [3.05, 3.63) is 100 Å². The summed E-state index contributed by atoms with van der Waals surface area (Å²) in [6.45, 7) is 4.57. The van der Waals surface area contributed by atoms with Crippen LogP contribution in [-0.4, -0.2) is 62.8 Å². The first kappa shape index (κ1) is 29.4. The second-order valence-electron chi connectivity index (χ2n) is 11.7. The Morgan fingerprint density at radius 2 is 1.93 bits per heavy atom. The van der Waals surface area contributed by atoms with E-state index in [1.165, 1.54) is 13.2 Å². The Morgan fingerprint density at radius 1 is 1.07 bits per heavy atom. The van der Waals surface area contributed by atoms with Gasteiger partial charge < -0.3 is 23.5 Å². The van der Waals surface area contributed by atoms with E-state index in [-0.39, 0.29) is 18.2 Å². The van der Waals surface area contributed by atoms with Gasteiger partial charge in [0.05, 0.1) is 48.4 Å². The van der Waals surface area contributed by atoms with Crippen molar-refractivity contribution in [2.45, 2.75) is 51.5 Å². The molecule has 0 amide bonds. The van der Waals surface area contributed by atoms with E-state index in [0.717, 1.165) is 60.1 Å². The molecule has 7 rings (SSSR count). The molecule has 2 aromatic carbocycles. The van der Waals surface area contributed by atoms with Gasteiger partial charge in [0.25, 0.3) is 0 Å². The number of nitrogens with zero attached hydrogens (tertiary/aromatic N) is 7. The normalized spacial score (nSPS) is 17.7. The molecule has 2 fully saturated rings. The number of methoxy groups -OCH3 is 1. The maximum absolute atomic E-state index is 14.4. The molecule has 1 saturated carbocycles. The van der Waals surface area contributed by atoms with Gasteiger partial charge in [-0.3, -0.25) is 4.90 Å². The minimum absolute atomic E-state index is 0.0177. The first-order valence-corrected chi connectivity index (χ1v) is 15.2. The van der Waals surface area contributed by atoms with E-state index < -0.39 is 11.8 Å². The van der Waals surface area contributed by atoms with Gasteiger partial charge in [-0.2, -0.15) is 10.2 Å². The van der Waals surface area contributed by atoms with Crippen molar-refractivity contribution in [1.29, 1.82) is 5.26 Å². The Kier molecular flexibility index (Phi) is 7.84. The Hall–Kier alpha value is -5.28. The van der Waals surface area contributed by atoms with E-state index in [1.807, 2.05) is 43.3 Å². The maximum atomic E-state index is 14.4. The lowest BCUT2D eigenvalue weighted by molar-refractivity contribution is 0.0600. The smallest absolute Gasteiger partial charge is 0.337 e. The topological polar surface area (TPSA) is 123 Å². The summed E-state index contributed by atoms with van der Waals surface area (Å²) < 4.78 is 32.6. The largest absolute Gasteiger partial charge is 0.473 e. The quantitative estimate of drug-likeness (QED) is 0.208. The van der Waals surface area contributed by atoms with Gasteiger partial charge in [-0.25, -0.2) is 14.2 Å². The van der Waals surface area contributed by atoms with Crippen LogP contribution in [0, 0.1) is 24.1 Å². The first-order valence-electron chi connectivity index (χ1n) is 15.2. The number of hydrogen-bond acceptors (Lipinski definition) is 10. The summed E-state index contributed by atoms with van der Waals surface area (Å²) in [7, 11) is 1.37. The number of pyridine rings is 1. The molecule has 2 aliphatic rings. The number of rotatable bonds is 9. The molecule has 3 aromatic heterocycles. The van der Waals surface area contributed by atoms with Gasteiger partial charge in [0.2, 0.25) is 5.88 Å². The summed E-state index contributed by atoms with van der Waals surface area (Å²) in [4.78, 5) is 26.9. The third kappa shape index (κ3) is 5.65. The second-order valence-corrected chi connectivity index (χ2v) is 11.7. The number of aromatic nitrogens is 4. The van der Waals surface area contributed by atoms with Gasteiger partial charge >= 0.3 is 5.97 Å². The maximum Gasteiger partial charge on any atom is 0.337 e. The van der Waals surface area contributed by atoms with E-state index in [1.54, 1.807) is 24.3 Å². The molecule has 12 heteroatoms. The molecule has 0 radical (unpaired) electrons. The molecular weight excluding hydrogens is 589 g/mol. The zero-order valence-corrected chi connectivity index (χ0v) is 25.5. The third-order valence-electron chi connectivity index (χ3n) is 8.85. The highest BCUT2D eigenvalue weighted by atomic mass is 19.1. The van der Waals surface area contributed by atoms with E-state index >= 15 is 0 Å². The highest BCUT2D eigenvalue weighted by molar-refractivity contribution is 5.93. The standard InChI is InChI=1S/C34H32FN7O4/c1-21-14-25(39-46-21)18-42-30-16-23(34(43)44-2)8-9-27(30)37-32(42)19-40-12-13-41(29-11-10-28(29)40)31-4-3-5-33(38-31)45-20-24-7-6-22(17-36)15-26(24)35/h3-9,14-16,28-29H,10-13,18-20H2,1-2H3/t28-,29+/m1/s1. The van der Waals surface area contributed by atoms with Gasteiger partial charge in [0, 0.05) is 42.9 Å². The average Bonchev–Trinajstić information content (AvgIpc) is 3.62. The number of hydrogen-bond donors (Lipinski definition) is 0. The van der Waals surface area contributed by atoms with Gasteiger partial charge in [0.15, 0.2) is 0 Å². The molecule has 0 bridgehead atoms. The Bertz CT molecular complexity index is 1960. The lowest BCUT2D eigenvalue weighted by Gasteiger charge is -2.54. The molecular formula is C34H32FN7O4. The molecule has 0 unspecified atom stereocenters. The lowest BCUT2D eigenvalue weighted by Crippen LogP contribution is -2.64. The van der Waals surface area contributed by atoms with Crippen LogP contribution < -0.4 is 9.64 Å². The minimum atomic E-state index is -0.475. The summed E-state index contributed by atoms with van der Waals surface area (Å²) in [6.07, 6.45) is 2.10. The number of imidazole rings is 1. The van der Waals surface area contributed by atoms with Gasteiger partial charge in [-0.1, -0.05) is 17.3 Å². The van der Waals surface area contributed by atoms with Crippen LogP contribution in [0.15, 0.2) is 65.2 Å². The zero-order chi connectivity index (χ0) is 31.8. The number of esters is 1. The van der Waals surface area contributed by atoms with Crippen LogP contribution in [0.3, 0.4) is 0 Å². The first-order chi connectivity index (χ1) is 22.4. The summed E-state index contributed by atoms with van der Waals surface area (Å²) in [6, 6.07) is 19.9. The minimum Gasteiger partial charge on any atom is -0.473 e. The number of aryl methyl sites for hydroxylation is 1.